The molecule has 0 aromatic carbocycles. The summed E-state index contributed by atoms with van der Waals surface area (Å²) in [4.78, 5) is 11.6. The molecule has 0 aliphatic heterocycles. The van der Waals surface area contributed by atoms with Crippen molar-refractivity contribution in [3.05, 3.63) is 42.7 Å². The predicted octanol–water partition coefficient (Wildman–Crippen LogP) is 1.68. The zero-order chi connectivity index (χ0) is 9.10. The molecule has 64 valence electrons. The highest BCUT2D eigenvalue weighted by Gasteiger charge is 2.05. The highest BCUT2D eigenvalue weighted by atomic mass is 19.1. The van der Waals surface area contributed by atoms with Crippen LogP contribution in [-0.2, 0) is 0 Å². The molecule has 0 unspecified atom stereocenters. The Kier molecular flexibility index (Phi) is 1.96. The molecule has 13 heavy (non-hydrogen) atoms. The SMILES string of the molecule is Fc1ccncc1-c1ncccn1. The van der Waals surface area contributed by atoms with Crippen molar-refractivity contribution < 1.29 is 4.39 Å². The monoisotopic (exact) mass is 175 g/mol. The molecule has 0 N–H and O–H groups in total. The van der Waals surface area contributed by atoms with Crippen molar-refractivity contribution in [1.29, 1.82) is 0 Å². The van der Waals surface area contributed by atoms with Crippen molar-refractivity contribution in [2.75, 3.05) is 0 Å². The van der Waals surface area contributed by atoms with Crippen LogP contribution in [0.1, 0.15) is 0 Å². The minimum Gasteiger partial charge on any atom is -0.264 e. The van der Waals surface area contributed by atoms with E-state index in [9.17, 15) is 4.39 Å². The summed E-state index contributed by atoms with van der Waals surface area (Å²) in [5, 5.41) is 0. The number of nitrogens with zero attached hydrogens (tertiary/aromatic N) is 3. The summed E-state index contributed by atoms with van der Waals surface area (Å²) in [5.74, 6) is -0.00528. The van der Waals surface area contributed by atoms with E-state index in [0.717, 1.165) is 0 Å². The molecule has 2 aromatic heterocycles. The van der Waals surface area contributed by atoms with Crippen molar-refractivity contribution in [3.63, 3.8) is 0 Å². The van der Waals surface area contributed by atoms with E-state index in [0.29, 0.717) is 11.4 Å². The van der Waals surface area contributed by atoms with E-state index in [1.54, 1.807) is 18.5 Å². The molecular formula is C9H6FN3. The second kappa shape index (κ2) is 3.26. The van der Waals surface area contributed by atoms with Gasteiger partial charge in [-0.25, -0.2) is 14.4 Å². The third-order valence-corrected chi connectivity index (χ3v) is 1.57. The number of aromatic nitrogens is 3. The predicted molar refractivity (Wildman–Crippen MR) is 45.2 cm³/mol. The summed E-state index contributed by atoms with van der Waals surface area (Å²) in [7, 11) is 0. The second-order valence-electron chi connectivity index (χ2n) is 2.43. The maximum Gasteiger partial charge on any atom is 0.163 e. The smallest absolute Gasteiger partial charge is 0.163 e. The molecular weight excluding hydrogens is 169 g/mol. The Balaban J connectivity index is 2.54. The summed E-state index contributed by atoms with van der Waals surface area (Å²) in [6.07, 6.45) is 5.93. The van der Waals surface area contributed by atoms with Gasteiger partial charge in [-0.05, 0) is 12.1 Å². The Labute approximate surface area is 74.3 Å². The standard InChI is InChI=1S/C9H6FN3/c10-8-2-5-11-6-7(8)9-12-3-1-4-13-9/h1-6H. The first kappa shape index (κ1) is 7.79. The zero-order valence-corrected chi connectivity index (χ0v) is 6.68. The topological polar surface area (TPSA) is 38.7 Å². The lowest BCUT2D eigenvalue weighted by molar-refractivity contribution is 0.627. The maximum absolute atomic E-state index is 13.2. The van der Waals surface area contributed by atoms with Crippen molar-refractivity contribution >= 4 is 0 Å². The molecule has 0 atom stereocenters. The molecule has 2 rings (SSSR count). The molecule has 2 aromatic rings. The Hall–Kier alpha value is -1.84. The summed E-state index contributed by atoms with van der Waals surface area (Å²) in [6, 6.07) is 2.96. The zero-order valence-electron chi connectivity index (χ0n) is 6.68. The Morgan fingerprint density at radius 2 is 1.85 bits per heavy atom. The van der Waals surface area contributed by atoms with Gasteiger partial charge < -0.3 is 0 Å². The van der Waals surface area contributed by atoms with E-state index in [2.05, 4.69) is 15.0 Å². The van der Waals surface area contributed by atoms with Gasteiger partial charge in [-0.3, -0.25) is 4.98 Å². The molecule has 0 saturated carbocycles. The average molecular weight is 175 g/mol. The fourth-order valence-electron chi connectivity index (χ4n) is 0.980. The van der Waals surface area contributed by atoms with Gasteiger partial charge in [-0.2, -0.15) is 0 Å². The molecule has 0 amide bonds. The number of hydrogen-bond acceptors (Lipinski definition) is 3. The van der Waals surface area contributed by atoms with Crippen LogP contribution < -0.4 is 0 Å². The molecule has 0 aliphatic rings. The molecule has 0 radical (unpaired) electrons. The highest BCUT2D eigenvalue weighted by molar-refractivity contribution is 5.53. The van der Waals surface area contributed by atoms with E-state index >= 15 is 0 Å². The van der Waals surface area contributed by atoms with Gasteiger partial charge in [0, 0.05) is 24.8 Å². The molecule has 3 nitrogen and oxygen atoms in total. The van der Waals surface area contributed by atoms with Crippen LogP contribution in [0.25, 0.3) is 11.4 Å². The summed E-state index contributed by atoms with van der Waals surface area (Å²) < 4.78 is 13.2. The van der Waals surface area contributed by atoms with Gasteiger partial charge in [0.25, 0.3) is 0 Å². The molecule has 0 saturated heterocycles. The van der Waals surface area contributed by atoms with Gasteiger partial charge in [-0.15, -0.1) is 0 Å². The lowest BCUT2D eigenvalue weighted by Gasteiger charge is -1.98. The van der Waals surface area contributed by atoms with Crippen molar-refractivity contribution in [1.82, 2.24) is 15.0 Å². The fraction of sp³-hybridized carbons (Fsp3) is 0. The normalized spacial score (nSPS) is 9.92. The van der Waals surface area contributed by atoms with Crippen LogP contribution in [0.15, 0.2) is 36.9 Å². The van der Waals surface area contributed by atoms with Gasteiger partial charge in [-0.1, -0.05) is 0 Å². The summed E-state index contributed by atoms with van der Waals surface area (Å²) in [6.45, 7) is 0. The van der Waals surface area contributed by atoms with E-state index in [4.69, 9.17) is 0 Å². The van der Waals surface area contributed by atoms with Crippen molar-refractivity contribution in [2.45, 2.75) is 0 Å². The molecule has 0 aliphatic carbocycles. The van der Waals surface area contributed by atoms with Gasteiger partial charge in [0.2, 0.25) is 0 Å². The van der Waals surface area contributed by atoms with Crippen molar-refractivity contribution in [2.24, 2.45) is 0 Å². The Bertz CT molecular complexity index is 403. The highest BCUT2D eigenvalue weighted by Crippen LogP contribution is 2.15. The van der Waals surface area contributed by atoms with Gasteiger partial charge in [0.1, 0.15) is 5.82 Å². The van der Waals surface area contributed by atoms with E-state index in [1.807, 2.05) is 0 Å². The van der Waals surface area contributed by atoms with Crippen LogP contribution in [0.4, 0.5) is 4.39 Å². The van der Waals surface area contributed by atoms with E-state index < -0.39 is 0 Å². The average Bonchev–Trinajstić information content (AvgIpc) is 2.20. The van der Waals surface area contributed by atoms with Crippen LogP contribution >= 0.6 is 0 Å². The first-order valence-electron chi connectivity index (χ1n) is 3.75. The Morgan fingerprint density at radius 1 is 1.08 bits per heavy atom. The van der Waals surface area contributed by atoms with Crippen LogP contribution in [0, 0.1) is 5.82 Å². The van der Waals surface area contributed by atoms with Crippen LogP contribution in [0.3, 0.4) is 0 Å². The first-order chi connectivity index (χ1) is 6.38. The van der Waals surface area contributed by atoms with Gasteiger partial charge in [0.15, 0.2) is 5.82 Å². The summed E-state index contributed by atoms with van der Waals surface area (Å²) in [5.41, 5.74) is 0.322. The minimum atomic E-state index is -0.360. The number of halogens is 1. The number of pyridine rings is 1. The van der Waals surface area contributed by atoms with E-state index in [-0.39, 0.29) is 5.82 Å². The molecule has 0 spiro atoms. The number of rotatable bonds is 1. The maximum atomic E-state index is 13.2. The molecule has 0 fully saturated rings. The van der Waals surface area contributed by atoms with E-state index in [1.165, 1.54) is 18.5 Å². The lowest BCUT2D eigenvalue weighted by atomic mass is 10.2. The van der Waals surface area contributed by atoms with Crippen molar-refractivity contribution in [3.8, 4) is 11.4 Å². The van der Waals surface area contributed by atoms with Crippen LogP contribution in [-0.4, -0.2) is 15.0 Å². The summed E-state index contributed by atoms with van der Waals surface area (Å²) >= 11 is 0. The first-order valence-corrected chi connectivity index (χ1v) is 3.75. The minimum absolute atomic E-state index is 0.322. The third kappa shape index (κ3) is 1.51. The largest absolute Gasteiger partial charge is 0.264 e. The molecule has 4 heteroatoms. The van der Waals surface area contributed by atoms with Crippen LogP contribution in [0.5, 0.6) is 0 Å². The van der Waals surface area contributed by atoms with Crippen LogP contribution in [0.2, 0.25) is 0 Å². The van der Waals surface area contributed by atoms with Gasteiger partial charge >= 0.3 is 0 Å². The van der Waals surface area contributed by atoms with Gasteiger partial charge in [0.05, 0.1) is 5.56 Å². The fourth-order valence-corrected chi connectivity index (χ4v) is 0.980. The quantitative estimate of drug-likeness (QED) is 0.661. The Morgan fingerprint density at radius 3 is 2.54 bits per heavy atom. The number of hydrogen-bond donors (Lipinski definition) is 0. The molecule has 2 heterocycles. The lowest BCUT2D eigenvalue weighted by Crippen LogP contribution is -1.90. The third-order valence-electron chi connectivity index (χ3n) is 1.57. The second-order valence-corrected chi connectivity index (χ2v) is 2.43. The molecule has 0 bridgehead atoms.